The van der Waals surface area contributed by atoms with Crippen molar-refractivity contribution in [3.8, 4) is 0 Å². The van der Waals surface area contributed by atoms with E-state index in [1.54, 1.807) is 0 Å². The lowest BCUT2D eigenvalue weighted by Crippen LogP contribution is -2.27. The van der Waals surface area contributed by atoms with E-state index in [2.05, 4.69) is 9.97 Å². The molecule has 1 rings (SSSR count). The van der Waals surface area contributed by atoms with E-state index in [-0.39, 0.29) is 11.5 Å². The number of carboxylic acids is 1. The molecule has 1 aromatic heterocycles. The number of aryl methyl sites for hydroxylation is 2. The Kier molecular flexibility index (Phi) is 3.60. The maximum Gasteiger partial charge on any atom is 0.220 e. The lowest BCUT2D eigenvalue weighted by molar-refractivity contribution is -0.255. The second-order valence-corrected chi connectivity index (χ2v) is 3.24. The van der Waals surface area contributed by atoms with Gasteiger partial charge in [-0.15, -0.1) is 0 Å². The van der Waals surface area contributed by atoms with Crippen molar-refractivity contribution in [2.45, 2.75) is 33.1 Å². The van der Waals surface area contributed by atoms with Crippen molar-refractivity contribution in [1.82, 2.24) is 9.97 Å². The molecule has 0 spiro atoms. The Hall–Kier alpha value is -1.65. The number of nitrogen functional groups attached to an aromatic ring is 1. The van der Waals surface area contributed by atoms with E-state index in [0.717, 1.165) is 6.42 Å². The van der Waals surface area contributed by atoms with Gasteiger partial charge in [0.25, 0.3) is 0 Å². The molecule has 1 aromatic rings. The smallest absolute Gasteiger partial charge is 0.220 e. The molecule has 0 unspecified atom stereocenters. The topological polar surface area (TPSA) is 91.9 Å². The summed E-state index contributed by atoms with van der Waals surface area (Å²) in [7, 11) is 0. The first-order chi connectivity index (χ1) is 7.10. The summed E-state index contributed by atoms with van der Waals surface area (Å²) in [5, 5.41) is 11.0. The number of nitrogens with two attached hydrogens (primary N) is 1. The normalized spacial score (nSPS) is 10.3. The third-order valence-electron chi connectivity index (χ3n) is 2.10. The van der Waals surface area contributed by atoms with Crippen LogP contribution in [0.4, 0.5) is 5.95 Å². The van der Waals surface area contributed by atoms with Crippen LogP contribution in [-0.2, 0) is 12.8 Å². The highest BCUT2D eigenvalue weighted by atomic mass is 16.4. The predicted octanol–water partition coefficient (Wildman–Crippen LogP) is -0.0628. The zero-order valence-electron chi connectivity index (χ0n) is 8.91. The fourth-order valence-corrected chi connectivity index (χ4v) is 1.49. The molecule has 0 aromatic carbocycles. The molecular formula is C10H14N3O2-. The van der Waals surface area contributed by atoms with Crippen LogP contribution in [0.5, 0.6) is 0 Å². The maximum absolute atomic E-state index is 11.0. The lowest BCUT2D eigenvalue weighted by atomic mass is 10.1. The molecule has 82 valence electrons. The molecule has 0 saturated heterocycles. The summed E-state index contributed by atoms with van der Waals surface area (Å²) < 4.78 is 0. The van der Waals surface area contributed by atoms with Crippen LogP contribution in [0.2, 0.25) is 0 Å². The van der Waals surface area contributed by atoms with Gasteiger partial charge in [0.15, 0.2) is 0 Å². The third kappa shape index (κ3) is 2.43. The molecule has 5 nitrogen and oxygen atoms in total. The first-order valence-electron chi connectivity index (χ1n) is 4.96. The average Bonchev–Trinajstić information content (AvgIpc) is 2.16. The van der Waals surface area contributed by atoms with Crippen LogP contribution < -0.4 is 10.8 Å². The molecular weight excluding hydrogens is 194 g/mol. The zero-order chi connectivity index (χ0) is 11.4. The minimum atomic E-state index is -1.23. The molecule has 0 amide bonds. The summed E-state index contributed by atoms with van der Waals surface area (Å²) in [6.07, 6.45) is 1.88. The minimum absolute atomic E-state index is 0.105. The molecule has 0 saturated carbocycles. The molecule has 0 radical (unpaired) electrons. The summed E-state index contributed by atoms with van der Waals surface area (Å²) in [5.41, 5.74) is 6.53. The van der Waals surface area contributed by atoms with E-state index in [9.17, 15) is 9.90 Å². The first-order valence-corrected chi connectivity index (χ1v) is 4.96. The molecule has 15 heavy (non-hydrogen) atoms. The van der Waals surface area contributed by atoms with Crippen LogP contribution in [0, 0.1) is 0 Å². The van der Waals surface area contributed by atoms with Crippen molar-refractivity contribution >= 4 is 11.9 Å². The second kappa shape index (κ2) is 4.72. The molecule has 0 fully saturated rings. The Labute approximate surface area is 88.4 Å². The molecule has 5 heteroatoms. The van der Waals surface area contributed by atoms with Gasteiger partial charge >= 0.3 is 0 Å². The number of aromatic nitrogens is 2. The van der Waals surface area contributed by atoms with E-state index in [0.29, 0.717) is 24.2 Å². The van der Waals surface area contributed by atoms with Gasteiger partial charge in [-0.05, 0) is 12.8 Å². The summed E-state index contributed by atoms with van der Waals surface area (Å²) in [6.45, 7) is 3.77. The van der Waals surface area contributed by atoms with Crippen molar-refractivity contribution in [1.29, 1.82) is 0 Å². The van der Waals surface area contributed by atoms with Gasteiger partial charge < -0.3 is 15.6 Å². The van der Waals surface area contributed by atoms with Crippen molar-refractivity contribution < 1.29 is 9.90 Å². The fourth-order valence-electron chi connectivity index (χ4n) is 1.49. The predicted molar refractivity (Wildman–Crippen MR) is 54.1 cm³/mol. The third-order valence-corrected chi connectivity index (χ3v) is 2.10. The van der Waals surface area contributed by atoms with Crippen LogP contribution in [-0.4, -0.2) is 15.9 Å². The monoisotopic (exact) mass is 208 g/mol. The molecule has 1 heterocycles. The molecule has 0 bridgehead atoms. The number of carbonyl (C=O) groups is 1. The van der Waals surface area contributed by atoms with Crippen molar-refractivity contribution in [2.75, 3.05) is 5.73 Å². The Balaban J connectivity index is 3.33. The van der Waals surface area contributed by atoms with E-state index in [1.807, 2.05) is 13.8 Å². The highest BCUT2D eigenvalue weighted by molar-refractivity contribution is 5.88. The Morgan fingerprint density at radius 1 is 1.33 bits per heavy atom. The number of anilines is 1. The van der Waals surface area contributed by atoms with E-state index >= 15 is 0 Å². The molecule has 0 aliphatic rings. The van der Waals surface area contributed by atoms with Gasteiger partial charge in [-0.3, -0.25) is 0 Å². The number of hydrogen-bond acceptors (Lipinski definition) is 5. The number of rotatable bonds is 4. The minimum Gasteiger partial charge on any atom is -0.545 e. The number of aromatic carboxylic acids is 1. The van der Waals surface area contributed by atoms with Crippen LogP contribution in [0.15, 0.2) is 0 Å². The molecule has 2 N–H and O–H groups in total. The quantitative estimate of drug-likeness (QED) is 0.748. The number of nitrogens with zero attached hydrogens (tertiary/aromatic N) is 2. The van der Waals surface area contributed by atoms with Gasteiger partial charge in [0, 0.05) is 5.56 Å². The standard InChI is InChI=1S/C10H15N3O2/c1-3-5-7-8(9(14)15)6(4-2)12-10(11)13-7/h3-5H2,1-2H3,(H,14,15)(H2,11,12,13)/p-1. The molecule has 0 aliphatic heterocycles. The SMILES string of the molecule is CCCc1nc(N)nc(CC)c1C(=O)[O-]. The van der Waals surface area contributed by atoms with Gasteiger partial charge in [0.2, 0.25) is 5.95 Å². The molecule has 0 aliphatic carbocycles. The largest absolute Gasteiger partial charge is 0.545 e. The number of carbonyl (C=O) groups excluding carboxylic acids is 1. The molecule has 0 atom stereocenters. The van der Waals surface area contributed by atoms with E-state index in [1.165, 1.54) is 0 Å². The Morgan fingerprint density at radius 3 is 2.40 bits per heavy atom. The van der Waals surface area contributed by atoms with Gasteiger partial charge in [-0.1, -0.05) is 20.3 Å². The van der Waals surface area contributed by atoms with Crippen LogP contribution in [0.25, 0.3) is 0 Å². The lowest BCUT2D eigenvalue weighted by Gasteiger charge is -2.13. The first kappa shape index (κ1) is 11.4. The van der Waals surface area contributed by atoms with Gasteiger partial charge in [0.1, 0.15) is 0 Å². The zero-order valence-corrected chi connectivity index (χ0v) is 8.91. The van der Waals surface area contributed by atoms with Crippen molar-refractivity contribution in [3.05, 3.63) is 17.0 Å². The average molecular weight is 208 g/mol. The number of carboxylic acid groups (broad SMARTS) is 1. The summed E-state index contributed by atoms with van der Waals surface area (Å²) >= 11 is 0. The van der Waals surface area contributed by atoms with Gasteiger partial charge in [-0.2, -0.15) is 0 Å². The van der Waals surface area contributed by atoms with Crippen LogP contribution in [0.3, 0.4) is 0 Å². The van der Waals surface area contributed by atoms with Crippen LogP contribution in [0.1, 0.15) is 42.0 Å². The van der Waals surface area contributed by atoms with Gasteiger partial charge in [-0.25, -0.2) is 9.97 Å². The second-order valence-electron chi connectivity index (χ2n) is 3.24. The van der Waals surface area contributed by atoms with Crippen molar-refractivity contribution in [3.63, 3.8) is 0 Å². The summed E-state index contributed by atoms with van der Waals surface area (Å²) in [6, 6.07) is 0. The van der Waals surface area contributed by atoms with Gasteiger partial charge in [0.05, 0.1) is 17.4 Å². The fraction of sp³-hybridized carbons (Fsp3) is 0.500. The summed E-state index contributed by atoms with van der Waals surface area (Å²) in [4.78, 5) is 18.8. The highest BCUT2D eigenvalue weighted by Crippen LogP contribution is 2.14. The Morgan fingerprint density at radius 2 is 1.93 bits per heavy atom. The van der Waals surface area contributed by atoms with Crippen LogP contribution >= 0.6 is 0 Å². The Bertz CT molecular complexity index is 377. The maximum atomic E-state index is 11.0. The van der Waals surface area contributed by atoms with E-state index in [4.69, 9.17) is 5.73 Å². The van der Waals surface area contributed by atoms with E-state index < -0.39 is 5.97 Å². The van der Waals surface area contributed by atoms with Crippen molar-refractivity contribution in [2.24, 2.45) is 0 Å². The highest BCUT2D eigenvalue weighted by Gasteiger charge is 2.12. The number of hydrogen-bond donors (Lipinski definition) is 1. The summed E-state index contributed by atoms with van der Waals surface area (Å²) in [5.74, 6) is -1.10.